The SMILES string of the molecule is CC(C)CC(N)C(=O)NC1CCCC1C. The second-order valence-corrected chi connectivity index (χ2v) is 5.26. The van der Waals surface area contributed by atoms with Crippen LogP contribution in [0.5, 0.6) is 0 Å². The highest BCUT2D eigenvalue weighted by molar-refractivity contribution is 5.81. The molecule has 0 aromatic rings. The van der Waals surface area contributed by atoms with Gasteiger partial charge in [-0.3, -0.25) is 4.79 Å². The molecule has 0 saturated heterocycles. The van der Waals surface area contributed by atoms with Gasteiger partial charge in [-0.15, -0.1) is 0 Å². The van der Waals surface area contributed by atoms with Crippen LogP contribution in [0.3, 0.4) is 0 Å². The van der Waals surface area contributed by atoms with Crippen LogP contribution in [0.15, 0.2) is 0 Å². The Kier molecular flexibility index (Phi) is 4.58. The first-order valence-corrected chi connectivity index (χ1v) is 6.06. The minimum absolute atomic E-state index is 0.0300. The maximum absolute atomic E-state index is 11.7. The highest BCUT2D eigenvalue weighted by Gasteiger charge is 2.26. The lowest BCUT2D eigenvalue weighted by molar-refractivity contribution is -0.123. The Morgan fingerprint density at radius 2 is 2.13 bits per heavy atom. The summed E-state index contributed by atoms with van der Waals surface area (Å²) in [5.41, 5.74) is 5.83. The van der Waals surface area contributed by atoms with Crippen molar-refractivity contribution < 1.29 is 4.79 Å². The quantitative estimate of drug-likeness (QED) is 0.744. The molecule has 3 atom stereocenters. The Labute approximate surface area is 92.8 Å². The number of carbonyl (C=O) groups excluding carboxylic acids is 1. The van der Waals surface area contributed by atoms with E-state index in [-0.39, 0.29) is 11.9 Å². The molecule has 3 heteroatoms. The van der Waals surface area contributed by atoms with E-state index in [1.807, 2.05) is 0 Å². The Balaban J connectivity index is 2.34. The lowest BCUT2D eigenvalue weighted by Crippen LogP contribution is -2.46. The third-order valence-corrected chi connectivity index (χ3v) is 3.25. The number of hydrogen-bond donors (Lipinski definition) is 2. The smallest absolute Gasteiger partial charge is 0.237 e. The fourth-order valence-corrected chi connectivity index (χ4v) is 2.26. The summed E-state index contributed by atoms with van der Waals surface area (Å²) in [6.45, 7) is 6.38. The van der Waals surface area contributed by atoms with Gasteiger partial charge in [0.25, 0.3) is 0 Å². The van der Waals surface area contributed by atoms with Crippen LogP contribution < -0.4 is 11.1 Å². The minimum atomic E-state index is -0.335. The van der Waals surface area contributed by atoms with Gasteiger partial charge < -0.3 is 11.1 Å². The molecule has 0 aliphatic heterocycles. The Hall–Kier alpha value is -0.570. The number of nitrogens with one attached hydrogen (secondary N) is 1. The van der Waals surface area contributed by atoms with E-state index >= 15 is 0 Å². The molecule has 0 aromatic carbocycles. The number of nitrogens with two attached hydrogens (primary N) is 1. The van der Waals surface area contributed by atoms with Crippen molar-refractivity contribution in [3.8, 4) is 0 Å². The van der Waals surface area contributed by atoms with Crippen LogP contribution in [0.2, 0.25) is 0 Å². The molecule has 1 rings (SSSR count). The molecule has 1 aliphatic rings. The van der Waals surface area contributed by atoms with Gasteiger partial charge in [-0.1, -0.05) is 27.2 Å². The Morgan fingerprint density at radius 3 is 2.60 bits per heavy atom. The summed E-state index contributed by atoms with van der Waals surface area (Å²) >= 11 is 0. The molecule has 3 unspecified atom stereocenters. The van der Waals surface area contributed by atoms with E-state index in [4.69, 9.17) is 5.73 Å². The zero-order valence-corrected chi connectivity index (χ0v) is 10.1. The molecule has 0 bridgehead atoms. The van der Waals surface area contributed by atoms with E-state index in [1.165, 1.54) is 12.8 Å². The van der Waals surface area contributed by atoms with Crippen LogP contribution in [0, 0.1) is 11.8 Å². The Bertz CT molecular complexity index is 216. The van der Waals surface area contributed by atoms with Crippen molar-refractivity contribution in [1.29, 1.82) is 0 Å². The van der Waals surface area contributed by atoms with Crippen LogP contribution in [0.1, 0.15) is 46.5 Å². The molecule has 1 aliphatic carbocycles. The van der Waals surface area contributed by atoms with E-state index in [9.17, 15) is 4.79 Å². The molecule has 3 nitrogen and oxygen atoms in total. The van der Waals surface area contributed by atoms with Crippen molar-refractivity contribution in [1.82, 2.24) is 5.32 Å². The summed E-state index contributed by atoms with van der Waals surface area (Å²) in [6.07, 6.45) is 4.34. The fourth-order valence-electron chi connectivity index (χ4n) is 2.26. The number of rotatable bonds is 4. The second kappa shape index (κ2) is 5.50. The lowest BCUT2D eigenvalue weighted by atomic mass is 10.0. The molecule has 3 N–H and O–H groups in total. The zero-order valence-electron chi connectivity index (χ0n) is 10.1. The number of hydrogen-bond acceptors (Lipinski definition) is 2. The highest BCUT2D eigenvalue weighted by atomic mass is 16.2. The summed E-state index contributed by atoms with van der Waals surface area (Å²) in [5, 5.41) is 3.07. The van der Waals surface area contributed by atoms with Crippen LogP contribution in [0.4, 0.5) is 0 Å². The standard InChI is InChI=1S/C12H24N2O/c1-8(2)7-10(13)12(15)14-11-6-4-5-9(11)3/h8-11H,4-7,13H2,1-3H3,(H,14,15). The minimum Gasteiger partial charge on any atom is -0.352 e. The maximum Gasteiger partial charge on any atom is 0.237 e. The molecule has 1 saturated carbocycles. The average Bonchev–Trinajstić information content (AvgIpc) is 2.50. The van der Waals surface area contributed by atoms with Crippen LogP contribution in [-0.2, 0) is 4.79 Å². The van der Waals surface area contributed by atoms with Gasteiger partial charge in [-0.05, 0) is 31.1 Å². The molecular formula is C12H24N2O. The summed E-state index contributed by atoms with van der Waals surface area (Å²) in [7, 11) is 0. The molecule has 0 spiro atoms. The van der Waals surface area contributed by atoms with Crippen molar-refractivity contribution in [2.24, 2.45) is 17.6 Å². The van der Waals surface area contributed by atoms with Gasteiger partial charge in [0.1, 0.15) is 0 Å². The maximum atomic E-state index is 11.7. The molecule has 1 amide bonds. The van der Waals surface area contributed by atoms with E-state index in [2.05, 4.69) is 26.1 Å². The first kappa shape index (κ1) is 12.5. The lowest BCUT2D eigenvalue weighted by Gasteiger charge is -2.21. The monoisotopic (exact) mass is 212 g/mol. The number of amides is 1. The van der Waals surface area contributed by atoms with Gasteiger partial charge in [0.2, 0.25) is 5.91 Å². The zero-order chi connectivity index (χ0) is 11.4. The summed E-state index contributed by atoms with van der Waals surface area (Å²) in [6, 6.07) is 0.0218. The van der Waals surface area contributed by atoms with Crippen molar-refractivity contribution in [3.05, 3.63) is 0 Å². The molecule has 0 radical (unpaired) electrons. The van der Waals surface area contributed by atoms with Gasteiger partial charge in [0.05, 0.1) is 6.04 Å². The van der Waals surface area contributed by atoms with Gasteiger partial charge >= 0.3 is 0 Å². The van der Waals surface area contributed by atoms with Gasteiger partial charge in [0.15, 0.2) is 0 Å². The second-order valence-electron chi connectivity index (χ2n) is 5.26. The topological polar surface area (TPSA) is 55.1 Å². The third kappa shape index (κ3) is 3.82. The van der Waals surface area contributed by atoms with Crippen molar-refractivity contribution >= 4 is 5.91 Å². The molecule has 0 aromatic heterocycles. The third-order valence-electron chi connectivity index (χ3n) is 3.25. The molecule has 88 valence electrons. The summed E-state index contributed by atoms with van der Waals surface area (Å²) in [4.78, 5) is 11.7. The fraction of sp³-hybridized carbons (Fsp3) is 0.917. The first-order valence-electron chi connectivity index (χ1n) is 6.06. The molecule has 0 heterocycles. The van der Waals surface area contributed by atoms with Crippen LogP contribution in [0.25, 0.3) is 0 Å². The van der Waals surface area contributed by atoms with Gasteiger partial charge in [-0.2, -0.15) is 0 Å². The van der Waals surface area contributed by atoms with Crippen LogP contribution >= 0.6 is 0 Å². The summed E-state index contributed by atoms with van der Waals surface area (Å²) in [5.74, 6) is 1.12. The highest BCUT2D eigenvalue weighted by Crippen LogP contribution is 2.24. The molecule has 1 fully saturated rings. The normalized spacial score (nSPS) is 28.1. The van der Waals surface area contributed by atoms with E-state index in [0.29, 0.717) is 17.9 Å². The predicted octanol–water partition coefficient (Wildman–Crippen LogP) is 1.66. The first-order chi connectivity index (χ1) is 7.00. The van der Waals surface area contributed by atoms with Crippen molar-refractivity contribution in [2.45, 2.75) is 58.5 Å². The van der Waals surface area contributed by atoms with Crippen LogP contribution in [-0.4, -0.2) is 18.0 Å². The Morgan fingerprint density at radius 1 is 1.47 bits per heavy atom. The average molecular weight is 212 g/mol. The number of carbonyl (C=O) groups is 1. The molecular weight excluding hydrogens is 188 g/mol. The van der Waals surface area contributed by atoms with E-state index < -0.39 is 0 Å². The summed E-state index contributed by atoms with van der Waals surface area (Å²) < 4.78 is 0. The van der Waals surface area contributed by atoms with Gasteiger partial charge in [-0.25, -0.2) is 0 Å². The molecule has 15 heavy (non-hydrogen) atoms. The van der Waals surface area contributed by atoms with Gasteiger partial charge in [0, 0.05) is 6.04 Å². The largest absolute Gasteiger partial charge is 0.352 e. The predicted molar refractivity (Wildman–Crippen MR) is 62.4 cm³/mol. The van der Waals surface area contributed by atoms with E-state index in [1.54, 1.807) is 0 Å². The van der Waals surface area contributed by atoms with Crippen molar-refractivity contribution in [2.75, 3.05) is 0 Å². The van der Waals surface area contributed by atoms with E-state index in [0.717, 1.165) is 12.8 Å². The van der Waals surface area contributed by atoms with Crippen molar-refractivity contribution in [3.63, 3.8) is 0 Å².